The molecule has 3 rings (SSSR count). The van der Waals surface area contributed by atoms with E-state index >= 15 is 0 Å². The van der Waals surface area contributed by atoms with Gasteiger partial charge in [0, 0.05) is 25.5 Å². The number of hydrogen-bond acceptors (Lipinski definition) is 5. The van der Waals surface area contributed by atoms with Crippen LogP contribution >= 0.6 is 0 Å². The molecule has 1 unspecified atom stereocenters. The Morgan fingerprint density at radius 1 is 1.35 bits per heavy atom. The first kappa shape index (κ1) is 18.5. The standard InChI is InChI=1S/C20H26N2O4/c1-3-24-10-7-15-4-5-16(12-19(15)26-14-23-2)17-8-11-25-20(13-17)18-6-9-21-22-18/h4-7,9-10,12,17,20H,3,8,11,13-14H2,1-2H3,(H,21,22)/t17-,20?/m1/s1. The third-order valence-corrected chi connectivity index (χ3v) is 4.50. The van der Waals surface area contributed by atoms with E-state index < -0.39 is 0 Å². The molecule has 1 aliphatic heterocycles. The third-order valence-electron chi connectivity index (χ3n) is 4.50. The molecule has 1 fully saturated rings. The summed E-state index contributed by atoms with van der Waals surface area (Å²) in [6.45, 7) is 3.54. The number of methoxy groups -OCH3 is 1. The van der Waals surface area contributed by atoms with Gasteiger partial charge in [-0.2, -0.15) is 5.10 Å². The van der Waals surface area contributed by atoms with Crippen LogP contribution in [0.4, 0.5) is 0 Å². The van der Waals surface area contributed by atoms with E-state index in [-0.39, 0.29) is 12.9 Å². The normalized spacial score (nSPS) is 20.4. The minimum atomic E-state index is 0.0529. The summed E-state index contributed by atoms with van der Waals surface area (Å²) in [6, 6.07) is 8.30. The van der Waals surface area contributed by atoms with Crippen LogP contribution in [0.1, 0.15) is 48.6 Å². The minimum absolute atomic E-state index is 0.0529. The molecule has 2 atom stereocenters. The molecule has 6 nitrogen and oxygen atoms in total. The predicted molar refractivity (Wildman–Crippen MR) is 98.9 cm³/mol. The average molecular weight is 358 g/mol. The average Bonchev–Trinajstić information content (AvgIpc) is 3.22. The number of nitrogens with zero attached hydrogens (tertiary/aromatic N) is 1. The monoisotopic (exact) mass is 358 g/mol. The van der Waals surface area contributed by atoms with Gasteiger partial charge < -0.3 is 18.9 Å². The smallest absolute Gasteiger partial charge is 0.188 e. The zero-order valence-corrected chi connectivity index (χ0v) is 15.3. The molecule has 1 aliphatic rings. The van der Waals surface area contributed by atoms with Gasteiger partial charge in [-0.15, -0.1) is 0 Å². The molecule has 2 aromatic rings. The fraction of sp³-hybridized carbons (Fsp3) is 0.450. The van der Waals surface area contributed by atoms with Gasteiger partial charge in [0.25, 0.3) is 0 Å². The molecule has 0 radical (unpaired) electrons. The highest BCUT2D eigenvalue weighted by molar-refractivity contribution is 5.58. The molecule has 1 aromatic carbocycles. The second kappa shape index (κ2) is 9.40. The molecule has 0 aliphatic carbocycles. The lowest BCUT2D eigenvalue weighted by Crippen LogP contribution is -2.19. The zero-order chi connectivity index (χ0) is 18.2. The largest absolute Gasteiger partial charge is 0.501 e. The van der Waals surface area contributed by atoms with Crippen LogP contribution in [0.25, 0.3) is 6.08 Å². The molecule has 0 bridgehead atoms. The van der Waals surface area contributed by atoms with Crippen molar-refractivity contribution in [3.05, 3.63) is 53.5 Å². The summed E-state index contributed by atoms with van der Waals surface area (Å²) in [6.07, 6.45) is 7.32. The van der Waals surface area contributed by atoms with Crippen LogP contribution in [0.5, 0.6) is 5.75 Å². The maximum Gasteiger partial charge on any atom is 0.188 e. The van der Waals surface area contributed by atoms with E-state index in [4.69, 9.17) is 18.9 Å². The molecule has 140 valence electrons. The van der Waals surface area contributed by atoms with Crippen LogP contribution in [0.3, 0.4) is 0 Å². The number of hydrogen-bond donors (Lipinski definition) is 1. The van der Waals surface area contributed by atoms with Gasteiger partial charge >= 0.3 is 0 Å². The van der Waals surface area contributed by atoms with Gasteiger partial charge in [-0.25, -0.2) is 0 Å². The van der Waals surface area contributed by atoms with Gasteiger partial charge in [-0.1, -0.05) is 12.1 Å². The first-order valence-electron chi connectivity index (χ1n) is 8.96. The quantitative estimate of drug-likeness (QED) is 0.570. The van der Waals surface area contributed by atoms with E-state index in [1.165, 1.54) is 5.56 Å². The zero-order valence-electron chi connectivity index (χ0n) is 15.3. The first-order valence-corrected chi connectivity index (χ1v) is 8.96. The lowest BCUT2D eigenvalue weighted by Gasteiger charge is -2.29. The van der Waals surface area contributed by atoms with Gasteiger partial charge in [0.15, 0.2) is 6.79 Å². The van der Waals surface area contributed by atoms with E-state index in [2.05, 4.69) is 28.4 Å². The molecule has 0 spiro atoms. The number of H-pyrrole nitrogens is 1. The fourth-order valence-electron chi connectivity index (χ4n) is 3.17. The summed E-state index contributed by atoms with van der Waals surface area (Å²) in [4.78, 5) is 0. The van der Waals surface area contributed by atoms with Crippen molar-refractivity contribution < 1.29 is 18.9 Å². The highest BCUT2D eigenvalue weighted by Crippen LogP contribution is 2.38. The lowest BCUT2D eigenvalue weighted by molar-refractivity contribution is 0.00258. The van der Waals surface area contributed by atoms with Crippen LogP contribution in [0.2, 0.25) is 0 Å². The SMILES string of the molecule is CCOC=Cc1ccc([C@@H]2CCOC(c3ccn[nH]3)C2)cc1OCOC. The number of aromatic nitrogens is 2. The van der Waals surface area contributed by atoms with Gasteiger partial charge in [-0.05, 0) is 49.5 Å². The molecular weight excluding hydrogens is 332 g/mol. The van der Waals surface area contributed by atoms with Gasteiger partial charge in [0.2, 0.25) is 0 Å². The molecule has 1 aromatic heterocycles. The molecule has 2 heterocycles. The van der Waals surface area contributed by atoms with Gasteiger partial charge in [0.1, 0.15) is 5.75 Å². The van der Waals surface area contributed by atoms with Gasteiger partial charge in [0.05, 0.1) is 24.7 Å². The predicted octanol–water partition coefficient (Wildman–Crippen LogP) is 4.03. The van der Waals surface area contributed by atoms with E-state index in [1.54, 1.807) is 19.6 Å². The van der Waals surface area contributed by atoms with Crippen LogP contribution < -0.4 is 4.74 Å². The topological polar surface area (TPSA) is 65.6 Å². The highest BCUT2D eigenvalue weighted by Gasteiger charge is 2.26. The summed E-state index contributed by atoms with van der Waals surface area (Å²) in [7, 11) is 1.62. The Hall–Kier alpha value is -2.31. The van der Waals surface area contributed by atoms with Crippen LogP contribution in [-0.2, 0) is 14.2 Å². The Balaban J connectivity index is 1.77. The molecule has 0 amide bonds. The van der Waals surface area contributed by atoms with Crippen molar-refractivity contribution in [2.45, 2.75) is 31.8 Å². The number of ether oxygens (including phenoxy) is 4. The maximum absolute atomic E-state index is 5.91. The second-order valence-corrected chi connectivity index (χ2v) is 6.20. The van der Waals surface area contributed by atoms with Crippen molar-refractivity contribution in [2.75, 3.05) is 27.1 Å². The molecular formula is C20H26N2O4. The molecule has 0 saturated carbocycles. The highest BCUT2D eigenvalue weighted by atomic mass is 16.7. The maximum atomic E-state index is 5.91. The van der Waals surface area contributed by atoms with Crippen molar-refractivity contribution >= 4 is 6.08 Å². The number of aromatic amines is 1. The Morgan fingerprint density at radius 3 is 3.04 bits per heavy atom. The summed E-state index contributed by atoms with van der Waals surface area (Å²) < 4.78 is 22.1. The molecule has 6 heteroatoms. The second-order valence-electron chi connectivity index (χ2n) is 6.20. The fourth-order valence-corrected chi connectivity index (χ4v) is 3.17. The van der Waals surface area contributed by atoms with E-state index in [1.807, 2.05) is 19.1 Å². The third kappa shape index (κ3) is 4.65. The first-order chi connectivity index (χ1) is 12.8. The molecule has 26 heavy (non-hydrogen) atoms. The van der Waals surface area contributed by atoms with Crippen LogP contribution in [-0.4, -0.2) is 37.3 Å². The Bertz CT molecular complexity index is 700. The minimum Gasteiger partial charge on any atom is -0.501 e. The lowest BCUT2D eigenvalue weighted by atomic mass is 9.87. The van der Waals surface area contributed by atoms with E-state index in [9.17, 15) is 0 Å². The molecule has 1 saturated heterocycles. The van der Waals surface area contributed by atoms with Crippen molar-refractivity contribution in [1.82, 2.24) is 10.2 Å². The van der Waals surface area contributed by atoms with Crippen molar-refractivity contribution in [2.24, 2.45) is 0 Å². The number of benzene rings is 1. The Morgan fingerprint density at radius 2 is 2.27 bits per heavy atom. The van der Waals surface area contributed by atoms with Gasteiger partial charge in [-0.3, -0.25) is 5.10 Å². The van der Waals surface area contributed by atoms with Crippen molar-refractivity contribution in [1.29, 1.82) is 0 Å². The Kier molecular flexibility index (Phi) is 6.68. The van der Waals surface area contributed by atoms with Crippen LogP contribution in [0, 0.1) is 0 Å². The van der Waals surface area contributed by atoms with Crippen LogP contribution in [0.15, 0.2) is 36.7 Å². The summed E-state index contributed by atoms with van der Waals surface area (Å²) in [5, 5.41) is 7.05. The van der Waals surface area contributed by atoms with Crippen molar-refractivity contribution in [3.63, 3.8) is 0 Å². The summed E-state index contributed by atoms with van der Waals surface area (Å²) in [5.74, 6) is 1.21. The van der Waals surface area contributed by atoms with E-state index in [0.717, 1.165) is 36.5 Å². The summed E-state index contributed by atoms with van der Waals surface area (Å²) >= 11 is 0. The van der Waals surface area contributed by atoms with Crippen molar-refractivity contribution in [3.8, 4) is 5.75 Å². The Labute approximate surface area is 154 Å². The number of rotatable bonds is 8. The molecule has 1 N–H and O–H groups in total. The van der Waals surface area contributed by atoms with E-state index in [0.29, 0.717) is 12.5 Å². The summed E-state index contributed by atoms with van der Waals surface area (Å²) in [5.41, 5.74) is 3.25. The number of nitrogens with one attached hydrogen (secondary N) is 1.